The van der Waals surface area contributed by atoms with Gasteiger partial charge in [-0.3, -0.25) is 0 Å². The first-order valence-corrected chi connectivity index (χ1v) is 7.17. The van der Waals surface area contributed by atoms with Crippen LogP contribution in [-0.2, 0) is 6.18 Å². The summed E-state index contributed by atoms with van der Waals surface area (Å²) in [6, 6.07) is 5.01. The molecule has 0 spiro atoms. The third-order valence-corrected chi connectivity index (χ3v) is 3.46. The van der Waals surface area contributed by atoms with E-state index in [1.54, 1.807) is 0 Å². The highest BCUT2D eigenvalue weighted by Crippen LogP contribution is 2.33. The van der Waals surface area contributed by atoms with Crippen molar-refractivity contribution in [3.05, 3.63) is 35.0 Å². The van der Waals surface area contributed by atoms with E-state index in [2.05, 4.69) is 20.6 Å². The van der Waals surface area contributed by atoms with Crippen molar-refractivity contribution in [2.75, 3.05) is 10.6 Å². The fourth-order valence-electron chi connectivity index (χ4n) is 1.87. The second-order valence-corrected chi connectivity index (χ2v) is 5.57. The van der Waals surface area contributed by atoms with Crippen LogP contribution in [0.2, 0.25) is 5.02 Å². The topological polar surface area (TPSA) is 70.1 Å². The van der Waals surface area contributed by atoms with Crippen molar-refractivity contribution in [2.24, 2.45) is 0 Å². The fourth-order valence-corrected chi connectivity index (χ4v) is 2.10. The summed E-state index contributed by atoms with van der Waals surface area (Å²) in [5, 5.41) is 15.0. The molecule has 5 nitrogen and oxygen atoms in total. The van der Waals surface area contributed by atoms with E-state index in [0.29, 0.717) is 5.69 Å². The number of anilines is 3. The molecule has 2 aromatic rings. The minimum atomic E-state index is -4.59. The zero-order valence-corrected chi connectivity index (χ0v) is 12.4. The molecule has 23 heavy (non-hydrogen) atoms. The molecule has 1 fully saturated rings. The van der Waals surface area contributed by atoms with E-state index in [1.807, 2.05) is 0 Å². The predicted molar refractivity (Wildman–Crippen MR) is 80.1 cm³/mol. The first-order chi connectivity index (χ1) is 10.8. The van der Waals surface area contributed by atoms with Crippen LogP contribution in [0.25, 0.3) is 0 Å². The average Bonchev–Trinajstić information content (AvgIpc) is 3.25. The van der Waals surface area contributed by atoms with Crippen LogP contribution in [0.5, 0.6) is 5.75 Å². The maximum absolute atomic E-state index is 13.0. The van der Waals surface area contributed by atoms with Gasteiger partial charge in [0.15, 0.2) is 5.69 Å². The minimum Gasteiger partial charge on any atom is -0.508 e. The number of phenols is 1. The molecule has 0 saturated heterocycles. The van der Waals surface area contributed by atoms with Gasteiger partial charge in [-0.2, -0.15) is 18.2 Å². The molecule has 0 amide bonds. The predicted octanol–water partition coefficient (Wildman–Crippen LogP) is 4.17. The van der Waals surface area contributed by atoms with Crippen LogP contribution >= 0.6 is 11.6 Å². The van der Waals surface area contributed by atoms with Gasteiger partial charge in [-0.25, -0.2) is 4.98 Å². The summed E-state index contributed by atoms with van der Waals surface area (Å²) in [6.45, 7) is 0. The molecule has 122 valence electrons. The van der Waals surface area contributed by atoms with Crippen molar-refractivity contribution < 1.29 is 18.3 Å². The van der Waals surface area contributed by atoms with Crippen LogP contribution in [0.1, 0.15) is 18.5 Å². The molecule has 0 radical (unpaired) electrons. The molecule has 1 aromatic carbocycles. The SMILES string of the molecule is Oc1ccc(Nc2cc(C(F)(F)F)nc(NC3CC3)n2)c(Cl)c1. The Morgan fingerprint density at radius 1 is 1.17 bits per heavy atom. The molecule has 1 aliphatic carbocycles. The number of halogens is 4. The smallest absolute Gasteiger partial charge is 0.433 e. The molecule has 0 atom stereocenters. The molecular formula is C14H12ClF3N4O. The summed E-state index contributed by atoms with van der Waals surface area (Å²) in [5.41, 5.74) is -0.721. The molecule has 3 N–H and O–H groups in total. The lowest BCUT2D eigenvalue weighted by Gasteiger charge is -2.13. The first-order valence-electron chi connectivity index (χ1n) is 6.79. The molecule has 0 unspecified atom stereocenters. The monoisotopic (exact) mass is 344 g/mol. The Labute approximate surface area is 134 Å². The van der Waals surface area contributed by atoms with Gasteiger partial charge in [-0.05, 0) is 25.0 Å². The van der Waals surface area contributed by atoms with Crippen molar-refractivity contribution in [1.82, 2.24) is 9.97 Å². The second-order valence-electron chi connectivity index (χ2n) is 5.17. The number of aromatic hydroxyl groups is 1. The summed E-state index contributed by atoms with van der Waals surface area (Å²) in [6.07, 6.45) is -2.82. The van der Waals surface area contributed by atoms with E-state index < -0.39 is 11.9 Å². The summed E-state index contributed by atoms with van der Waals surface area (Å²) in [5.74, 6) is -0.168. The highest BCUT2D eigenvalue weighted by molar-refractivity contribution is 6.33. The Morgan fingerprint density at radius 2 is 1.91 bits per heavy atom. The van der Waals surface area contributed by atoms with Gasteiger partial charge in [0.1, 0.15) is 11.6 Å². The molecule has 1 aliphatic rings. The number of rotatable bonds is 4. The normalized spacial score (nSPS) is 14.6. The number of aromatic nitrogens is 2. The van der Waals surface area contributed by atoms with Crippen LogP contribution in [0, 0.1) is 0 Å². The minimum absolute atomic E-state index is 0.0388. The number of nitrogens with zero attached hydrogens (tertiary/aromatic N) is 2. The number of benzene rings is 1. The molecule has 0 bridgehead atoms. The number of hydrogen-bond donors (Lipinski definition) is 3. The molecular weight excluding hydrogens is 333 g/mol. The number of nitrogens with one attached hydrogen (secondary N) is 2. The largest absolute Gasteiger partial charge is 0.508 e. The molecule has 9 heteroatoms. The van der Waals surface area contributed by atoms with Gasteiger partial charge >= 0.3 is 6.18 Å². The Balaban J connectivity index is 1.93. The van der Waals surface area contributed by atoms with Crippen molar-refractivity contribution in [3.8, 4) is 5.75 Å². The first kappa shape index (κ1) is 15.7. The lowest BCUT2D eigenvalue weighted by atomic mass is 10.3. The summed E-state index contributed by atoms with van der Waals surface area (Å²) in [4.78, 5) is 7.53. The van der Waals surface area contributed by atoms with Gasteiger partial charge in [0.05, 0.1) is 10.7 Å². The van der Waals surface area contributed by atoms with Crippen LogP contribution in [0.3, 0.4) is 0 Å². The van der Waals surface area contributed by atoms with E-state index in [9.17, 15) is 18.3 Å². The quantitative estimate of drug-likeness (QED) is 0.726. The maximum Gasteiger partial charge on any atom is 0.433 e. The Morgan fingerprint density at radius 3 is 2.52 bits per heavy atom. The van der Waals surface area contributed by atoms with Crippen LogP contribution in [-0.4, -0.2) is 21.1 Å². The van der Waals surface area contributed by atoms with Gasteiger partial charge in [-0.15, -0.1) is 0 Å². The highest BCUT2D eigenvalue weighted by atomic mass is 35.5. The third-order valence-electron chi connectivity index (χ3n) is 3.14. The van der Waals surface area contributed by atoms with Crippen molar-refractivity contribution in [1.29, 1.82) is 0 Å². The molecule has 1 heterocycles. The highest BCUT2D eigenvalue weighted by Gasteiger charge is 2.34. The van der Waals surface area contributed by atoms with Crippen LogP contribution < -0.4 is 10.6 Å². The van der Waals surface area contributed by atoms with E-state index in [1.165, 1.54) is 18.2 Å². The molecule has 3 rings (SSSR count). The zero-order valence-electron chi connectivity index (χ0n) is 11.7. The van der Waals surface area contributed by atoms with Crippen molar-refractivity contribution in [3.63, 3.8) is 0 Å². The van der Waals surface area contributed by atoms with E-state index in [4.69, 9.17) is 11.6 Å². The molecule has 1 aromatic heterocycles. The third kappa shape index (κ3) is 3.95. The van der Waals surface area contributed by atoms with Crippen LogP contribution in [0.4, 0.5) is 30.6 Å². The lowest BCUT2D eigenvalue weighted by molar-refractivity contribution is -0.141. The number of phenolic OH excluding ortho intramolecular Hbond substituents is 1. The van der Waals surface area contributed by atoms with Gasteiger partial charge < -0.3 is 15.7 Å². The number of alkyl halides is 3. The van der Waals surface area contributed by atoms with Crippen molar-refractivity contribution >= 4 is 29.1 Å². The fraction of sp³-hybridized carbons (Fsp3) is 0.286. The average molecular weight is 345 g/mol. The van der Waals surface area contributed by atoms with Gasteiger partial charge in [0, 0.05) is 18.2 Å². The van der Waals surface area contributed by atoms with Gasteiger partial charge in [-0.1, -0.05) is 11.6 Å². The van der Waals surface area contributed by atoms with E-state index in [0.717, 1.165) is 18.9 Å². The van der Waals surface area contributed by atoms with Gasteiger partial charge in [0.25, 0.3) is 0 Å². The summed E-state index contributed by atoms with van der Waals surface area (Å²) < 4.78 is 38.9. The maximum atomic E-state index is 13.0. The second kappa shape index (κ2) is 5.77. The Bertz CT molecular complexity index is 734. The van der Waals surface area contributed by atoms with E-state index >= 15 is 0 Å². The van der Waals surface area contributed by atoms with Crippen molar-refractivity contribution in [2.45, 2.75) is 25.1 Å². The van der Waals surface area contributed by atoms with E-state index in [-0.39, 0.29) is 28.6 Å². The Hall–Kier alpha value is -2.22. The standard InChI is InChI=1S/C14H12ClF3N4O/c15-9-5-8(23)3-4-10(9)20-12-6-11(14(16,17)18)21-13(22-12)19-7-1-2-7/h3-7,23H,1-2H2,(H2,19,20,21,22). The lowest BCUT2D eigenvalue weighted by Crippen LogP contribution is -2.14. The molecule has 1 saturated carbocycles. The van der Waals surface area contributed by atoms with Crippen LogP contribution in [0.15, 0.2) is 24.3 Å². The molecule has 0 aliphatic heterocycles. The number of hydrogen-bond acceptors (Lipinski definition) is 5. The zero-order chi connectivity index (χ0) is 16.6. The summed E-state index contributed by atoms with van der Waals surface area (Å²) >= 11 is 5.94. The summed E-state index contributed by atoms with van der Waals surface area (Å²) in [7, 11) is 0. The van der Waals surface area contributed by atoms with Gasteiger partial charge in [0.2, 0.25) is 5.95 Å². The Kier molecular flexibility index (Phi) is 3.93.